The fourth-order valence-corrected chi connectivity index (χ4v) is 4.16. The van der Waals surface area contributed by atoms with Gasteiger partial charge in [0.15, 0.2) is 11.5 Å². The quantitative estimate of drug-likeness (QED) is 0.135. The Morgan fingerprint density at radius 1 is 1.16 bits per heavy atom. The smallest absolute Gasteiger partial charge is 0.282 e. The molecule has 0 radical (unpaired) electrons. The van der Waals surface area contributed by atoms with Crippen molar-refractivity contribution in [3.8, 4) is 11.5 Å². The maximum absolute atomic E-state index is 13.4. The third-order valence-electron chi connectivity index (χ3n) is 5.68. The molecule has 0 spiro atoms. The highest BCUT2D eigenvalue weighted by Gasteiger charge is 2.14. The molecule has 190 valence electrons. The first-order valence-corrected chi connectivity index (χ1v) is 12.5. The number of unbranched alkanes of at least 4 members (excludes halogenated alkanes) is 1. The molecule has 4 rings (SSSR count). The summed E-state index contributed by atoms with van der Waals surface area (Å²) in [5.74, 6) is 1.44. The van der Waals surface area contributed by atoms with Crippen LogP contribution in [0.25, 0.3) is 10.9 Å². The Balaban J connectivity index is 1.72. The van der Waals surface area contributed by atoms with Crippen LogP contribution in [-0.2, 0) is 13.0 Å². The second-order valence-corrected chi connectivity index (χ2v) is 9.16. The molecular weight excluding hydrogens is 540 g/mol. The summed E-state index contributed by atoms with van der Waals surface area (Å²) in [7, 11) is 1.52. The number of halogens is 1. The molecule has 9 nitrogen and oxygen atoms in total. The number of benzene rings is 3. The van der Waals surface area contributed by atoms with E-state index in [1.165, 1.54) is 30.1 Å². The van der Waals surface area contributed by atoms with Crippen molar-refractivity contribution in [2.24, 2.45) is 5.10 Å². The van der Waals surface area contributed by atoms with Gasteiger partial charge in [-0.3, -0.25) is 14.9 Å². The number of aryl methyl sites for hydroxylation is 1. The topological polar surface area (TPSA) is 109 Å². The molecule has 0 unspecified atom stereocenters. The van der Waals surface area contributed by atoms with Gasteiger partial charge in [0.1, 0.15) is 12.4 Å². The number of fused-ring (bicyclic) bond motifs is 1. The molecule has 0 aliphatic rings. The number of hydrogen-bond donors (Lipinski definition) is 0. The standard InChI is InChI=1S/C27H25BrN4O5/c1-3-4-11-25-30-23-13-12-20(28)15-22(23)27(33)31(25)29-16-19-8-6-10-24(36-2)26(19)37-17-18-7-5-9-21(14-18)32(34)35/h5-10,12-16H,3-4,11,17H2,1-2H3. The molecule has 0 amide bonds. The van der Waals surface area contributed by atoms with Crippen molar-refractivity contribution >= 4 is 38.7 Å². The lowest BCUT2D eigenvalue weighted by Crippen LogP contribution is -2.22. The molecule has 0 saturated carbocycles. The zero-order chi connectivity index (χ0) is 26.4. The Kier molecular flexibility index (Phi) is 8.29. The van der Waals surface area contributed by atoms with E-state index in [1.807, 2.05) is 12.1 Å². The molecule has 0 bridgehead atoms. The number of aromatic nitrogens is 2. The van der Waals surface area contributed by atoms with Crippen molar-refractivity contribution in [2.45, 2.75) is 32.8 Å². The van der Waals surface area contributed by atoms with Gasteiger partial charge in [0, 0.05) is 28.6 Å². The molecular formula is C27H25BrN4O5. The minimum absolute atomic E-state index is 0.0164. The molecule has 0 N–H and O–H groups in total. The number of para-hydroxylation sites is 1. The summed E-state index contributed by atoms with van der Waals surface area (Å²) in [6.45, 7) is 2.15. The van der Waals surface area contributed by atoms with Crippen LogP contribution in [0.1, 0.15) is 36.7 Å². The first kappa shape index (κ1) is 26.0. The highest BCUT2D eigenvalue weighted by atomic mass is 79.9. The molecule has 3 aromatic carbocycles. The van der Waals surface area contributed by atoms with Gasteiger partial charge < -0.3 is 9.47 Å². The molecule has 0 saturated heterocycles. The number of nitro groups is 1. The largest absolute Gasteiger partial charge is 0.493 e. The Morgan fingerprint density at radius 3 is 2.73 bits per heavy atom. The van der Waals surface area contributed by atoms with E-state index < -0.39 is 4.92 Å². The van der Waals surface area contributed by atoms with Crippen LogP contribution >= 0.6 is 15.9 Å². The van der Waals surface area contributed by atoms with Crippen LogP contribution in [0, 0.1) is 10.1 Å². The number of rotatable bonds is 10. The predicted molar refractivity (Wildman–Crippen MR) is 146 cm³/mol. The first-order valence-electron chi connectivity index (χ1n) is 11.7. The summed E-state index contributed by atoms with van der Waals surface area (Å²) in [6.07, 6.45) is 3.95. The Morgan fingerprint density at radius 2 is 1.97 bits per heavy atom. The number of nitro benzene ring substituents is 1. The van der Waals surface area contributed by atoms with Gasteiger partial charge in [0.25, 0.3) is 11.2 Å². The molecule has 1 heterocycles. The van der Waals surface area contributed by atoms with Crippen LogP contribution in [0.5, 0.6) is 11.5 Å². The minimum atomic E-state index is -0.450. The van der Waals surface area contributed by atoms with Gasteiger partial charge in [0.2, 0.25) is 0 Å². The highest BCUT2D eigenvalue weighted by molar-refractivity contribution is 9.10. The van der Waals surface area contributed by atoms with Crippen LogP contribution in [0.3, 0.4) is 0 Å². The van der Waals surface area contributed by atoms with E-state index in [0.717, 1.165) is 17.3 Å². The third kappa shape index (κ3) is 6.03. The van der Waals surface area contributed by atoms with E-state index in [9.17, 15) is 14.9 Å². The lowest BCUT2D eigenvalue weighted by atomic mass is 10.2. The number of hydrogen-bond acceptors (Lipinski definition) is 7. The van der Waals surface area contributed by atoms with Crippen molar-refractivity contribution in [1.82, 2.24) is 9.66 Å². The Labute approximate surface area is 221 Å². The highest BCUT2D eigenvalue weighted by Crippen LogP contribution is 2.31. The summed E-state index contributed by atoms with van der Waals surface area (Å²) < 4.78 is 13.6. The van der Waals surface area contributed by atoms with Crippen molar-refractivity contribution < 1.29 is 14.4 Å². The molecule has 10 heteroatoms. The molecule has 37 heavy (non-hydrogen) atoms. The van der Waals surface area contributed by atoms with Gasteiger partial charge in [-0.05, 0) is 42.3 Å². The number of non-ortho nitro benzene ring substituents is 1. The second-order valence-electron chi connectivity index (χ2n) is 8.25. The van der Waals surface area contributed by atoms with Gasteiger partial charge in [0.05, 0.1) is 29.2 Å². The van der Waals surface area contributed by atoms with Gasteiger partial charge in [-0.15, -0.1) is 0 Å². The van der Waals surface area contributed by atoms with Crippen LogP contribution < -0.4 is 15.0 Å². The molecule has 1 aromatic heterocycles. The van der Waals surface area contributed by atoms with Gasteiger partial charge >= 0.3 is 0 Å². The third-order valence-corrected chi connectivity index (χ3v) is 6.17. The van der Waals surface area contributed by atoms with Crippen LogP contribution in [0.4, 0.5) is 5.69 Å². The molecule has 0 atom stereocenters. The Bertz CT molecular complexity index is 1530. The SMILES string of the molecule is CCCCc1nc2ccc(Br)cc2c(=O)n1N=Cc1cccc(OC)c1OCc1cccc([N+](=O)[O-])c1. The summed E-state index contributed by atoms with van der Waals surface area (Å²) in [5.41, 5.74) is 1.54. The fraction of sp³-hybridized carbons (Fsp3) is 0.222. The summed E-state index contributed by atoms with van der Waals surface area (Å²) in [4.78, 5) is 28.7. The summed E-state index contributed by atoms with van der Waals surface area (Å²) in [6, 6.07) is 17.0. The minimum Gasteiger partial charge on any atom is -0.493 e. The van der Waals surface area contributed by atoms with Gasteiger partial charge in [-0.2, -0.15) is 9.78 Å². The molecule has 4 aromatic rings. The monoisotopic (exact) mass is 564 g/mol. The van der Waals surface area contributed by atoms with Crippen molar-refractivity contribution in [3.63, 3.8) is 0 Å². The van der Waals surface area contributed by atoms with Crippen LogP contribution in [-0.4, -0.2) is 27.9 Å². The number of methoxy groups -OCH3 is 1. The molecule has 0 aliphatic carbocycles. The lowest BCUT2D eigenvalue weighted by Gasteiger charge is -2.14. The number of nitrogens with zero attached hydrogens (tertiary/aromatic N) is 4. The van der Waals surface area contributed by atoms with Crippen LogP contribution in [0.2, 0.25) is 0 Å². The normalized spacial score (nSPS) is 11.2. The van der Waals surface area contributed by atoms with Gasteiger partial charge in [-0.1, -0.05) is 47.5 Å². The summed E-state index contributed by atoms with van der Waals surface area (Å²) >= 11 is 3.42. The first-order chi connectivity index (χ1) is 17.9. The van der Waals surface area contributed by atoms with Crippen molar-refractivity contribution in [1.29, 1.82) is 0 Å². The van der Waals surface area contributed by atoms with Crippen molar-refractivity contribution in [3.05, 3.63) is 103 Å². The predicted octanol–water partition coefficient (Wildman–Crippen LogP) is 5.88. The van der Waals surface area contributed by atoms with E-state index in [1.54, 1.807) is 36.4 Å². The lowest BCUT2D eigenvalue weighted by molar-refractivity contribution is -0.384. The van der Waals surface area contributed by atoms with E-state index in [0.29, 0.717) is 45.8 Å². The molecule has 0 aliphatic heterocycles. The Hall–Kier alpha value is -4.05. The molecule has 0 fully saturated rings. The zero-order valence-electron chi connectivity index (χ0n) is 20.4. The van der Waals surface area contributed by atoms with E-state index >= 15 is 0 Å². The second kappa shape index (κ2) is 11.8. The fourth-order valence-electron chi connectivity index (χ4n) is 3.80. The van der Waals surface area contributed by atoms with Crippen LogP contribution in [0.15, 0.2) is 75.0 Å². The maximum atomic E-state index is 13.4. The zero-order valence-corrected chi connectivity index (χ0v) is 22.0. The van der Waals surface area contributed by atoms with E-state index in [-0.39, 0.29) is 17.9 Å². The van der Waals surface area contributed by atoms with E-state index in [4.69, 9.17) is 14.5 Å². The van der Waals surface area contributed by atoms with Crippen molar-refractivity contribution in [2.75, 3.05) is 7.11 Å². The number of ether oxygens (including phenoxy) is 2. The average Bonchev–Trinajstić information content (AvgIpc) is 2.91. The summed E-state index contributed by atoms with van der Waals surface area (Å²) in [5, 5.41) is 16.1. The van der Waals surface area contributed by atoms with Gasteiger partial charge in [-0.25, -0.2) is 4.98 Å². The van der Waals surface area contributed by atoms with E-state index in [2.05, 4.69) is 28.0 Å². The average molecular weight is 565 g/mol. The maximum Gasteiger partial charge on any atom is 0.282 e.